The van der Waals surface area contributed by atoms with Crippen molar-refractivity contribution in [2.24, 2.45) is 5.92 Å². The minimum atomic E-state index is -0.664. The first kappa shape index (κ1) is 11.9. The quantitative estimate of drug-likeness (QED) is 0.851. The van der Waals surface area contributed by atoms with Gasteiger partial charge in [0, 0.05) is 30.2 Å². The topological polar surface area (TPSA) is 53.4 Å². The molecule has 0 radical (unpaired) electrons. The molecule has 2 heterocycles. The highest BCUT2D eigenvalue weighted by molar-refractivity contribution is 5.70. The van der Waals surface area contributed by atoms with Crippen LogP contribution in [0.15, 0.2) is 18.3 Å². The Hall–Kier alpha value is -1.58. The minimum Gasteiger partial charge on any atom is -0.481 e. The lowest BCUT2D eigenvalue weighted by atomic mass is 9.91. The van der Waals surface area contributed by atoms with E-state index in [1.54, 1.807) is 6.20 Å². The molecule has 17 heavy (non-hydrogen) atoms. The minimum absolute atomic E-state index is 0.191. The van der Waals surface area contributed by atoms with Gasteiger partial charge in [-0.05, 0) is 38.8 Å². The van der Waals surface area contributed by atoms with Gasteiger partial charge in [-0.25, -0.2) is 0 Å². The number of hydrogen-bond donors (Lipinski definition) is 1. The van der Waals surface area contributed by atoms with Crippen molar-refractivity contribution < 1.29 is 9.90 Å². The van der Waals surface area contributed by atoms with E-state index in [4.69, 9.17) is 5.11 Å². The van der Waals surface area contributed by atoms with Crippen LogP contribution in [0.4, 0.5) is 5.69 Å². The molecule has 4 heteroatoms. The Morgan fingerprint density at radius 2 is 2.35 bits per heavy atom. The highest BCUT2D eigenvalue weighted by atomic mass is 16.4. The fourth-order valence-corrected chi connectivity index (χ4v) is 2.49. The highest BCUT2D eigenvalue weighted by Gasteiger charge is 2.29. The molecule has 0 bridgehead atoms. The number of pyridine rings is 1. The van der Waals surface area contributed by atoms with Crippen LogP contribution in [0.2, 0.25) is 0 Å². The van der Waals surface area contributed by atoms with E-state index in [9.17, 15) is 4.79 Å². The zero-order valence-electron chi connectivity index (χ0n) is 10.3. The summed E-state index contributed by atoms with van der Waals surface area (Å²) in [6.45, 7) is 4.87. The molecule has 1 aromatic heterocycles. The molecule has 2 atom stereocenters. The first-order valence-electron chi connectivity index (χ1n) is 6.00. The van der Waals surface area contributed by atoms with Crippen LogP contribution in [0.1, 0.15) is 25.5 Å². The molecule has 1 aromatic rings. The summed E-state index contributed by atoms with van der Waals surface area (Å²) < 4.78 is 0. The number of rotatable bonds is 2. The maximum absolute atomic E-state index is 11.0. The van der Waals surface area contributed by atoms with Crippen LogP contribution in [-0.2, 0) is 4.79 Å². The van der Waals surface area contributed by atoms with Crippen LogP contribution in [0, 0.1) is 12.8 Å². The van der Waals surface area contributed by atoms with Crippen LogP contribution in [0.25, 0.3) is 0 Å². The Morgan fingerprint density at radius 3 is 2.94 bits per heavy atom. The van der Waals surface area contributed by atoms with E-state index in [0.29, 0.717) is 0 Å². The Bertz CT molecular complexity index is 420. The summed E-state index contributed by atoms with van der Waals surface area (Å²) in [6.07, 6.45) is 3.25. The van der Waals surface area contributed by atoms with Gasteiger partial charge < -0.3 is 10.0 Å². The number of carbonyl (C=O) groups is 1. The molecule has 92 valence electrons. The van der Waals surface area contributed by atoms with Crippen LogP contribution >= 0.6 is 0 Å². The van der Waals surface area contributed by atoms with Crippen molar-refractivity contribution in [2.75, 3.05) is 11.4 Å². The predicted octanol–water partition coefficient (Wildman–Crippen LogP) is 2.08. The van der Waals surface area contributed by atoms with Crippen molar-refractivity contribution >= 4 is 11.7 Å². The van der Waals surface area contributed by atoms with Crippen molar-refractivity contribution in [3.05, 3.63) is 24.0 Å². The van der Waals surface area contributed by atoms with Crippen LogP contribution in [0.3, 0.4) is 0 Å². The standard InChI is InChI=1S/C13H18N2O2/c1-9-7-12(3-5-14-9)15-6-4-11(13(16)17)8-10(15)2/h3,5,7,10-11H,4,6,8H2,1-2H3,(H,16,17). The normalized spacial score (nSPS) is 24.7. The first-order chi connectivity index (χ1) is 8.08. The second-order valence-electron chi connectivity index (χ2n) is 4.76. The van der Waals surface area contributed by atoms with E-state index in [1.165, 1.54) is 0 Å². The largest absolute Gasteiger partial charge is 0.481 e. The van der Waals surface area contributed by atoms with Crippen molar-refractivity contribution in [3.63, 3.8) is 0 Å². The maximum atomic E-state index is 11.0. The summed E-state index contributed by atoms with van der Waals surface area (Å²) >= 11 is 0. The molecule has 0 aliphatic carbocycles. The Morgan fingerprint density at radius 1 is 1.59 bits per heavy atom. The zero-order chi connectivity index (χ0) is 12.4. The summed E-state index contributed by atoms with van der Waals surface area (Å²) in [6, 6.07) is 4.31. The molecule has 2 rings (SSSR count). The lowest BCUT2D eigenvalue weighted by molar-refractivity contribution is -0.142. The number of nitrogens with zero attached hydrogens (tertiary/aromatic N) is 2. The fraction of sp³-hybridized carbons (Fsp3) is 0.538. The molecule has 4 nitrogen and oxygen atoms in total. The molecule has 0 spiro atoms. The van der Waals surface area contributed by atoms with E-state index in [0.717, 1.165) is 30.8 Å². The molecule has 0 aromatic carbocycles. The molecule has 1 fully saturated rings. The third-order valence-corrected chi connectivity index (χ3v) is 3.44. The van der Waals surface area contributed by atoms with Crippen molar-refractivity contribution in [3.8, 4) is 0 Å². The number of carboxylic acids is 1. The van der Waals surface area contributed by atoms with Crippen molar-refractivity contribution in [1.29, 1.82) is 0 Å². The summed E-state index contributed by atoms with van der Waals surface area (Å²) in [4.78, 5) is 17.4. The molecule has 1 saturated heterocycles. The molecule has 1 N–H and O–H groups in total. The third kappa shape index (κ3) is 2.57. The number of hydrogen-bond acceptors (Lipinski definition) is 3. The van der Waals surface area contributed by atoms with E-state index in [2.05, 4.69) is 22.9 Å². The maximum Gasteiger partial charge on any atom is 0.306 e. The number of aromatic nitrogens is 1. The van der Waals surface area contributed by atoms with E-state index in [-0.39, 0.29) is 12.0 Å². The van der Waals surface area contributed by atoms with Gasteiger partial charge in [0.1, 0.15) is 0 Å². The third-order valence-electron chi connectivity index (χ3n) is 3.44. The average molecular weight is 234 g/mol. The molecule has 2 unspecified atom stereocenters. The van der Waals surface area contributed by atoms with Gasteiger partial charge >= 0.3 is 5.97 Å². The summed E-state index contributed by atoms with van der Waals surface area (Å²) in [5.74, 6) is -0.855. The van der Waals surface area contributed by atoms with E-state index in [1.807, 2.05) is 13.0 Å². The smallest absolute Gasteiger partial charge is 0.306 e. The molecule has 1 aliphatic rings. The Balaban J connectivity index is 2.12. The van der Waals surface area contributed by atoms with Gasteiger partial charge in [0.15, 0.2) is 0 Å². The van der Waals surface area contributed by atoms with Gasteiger partial charge in [-0.2, -0.15) is 0 Å². The average Bonchev–Trinajstić information content (AvgIpc) is 2.28. The highest BCUT2D eigenvalue weighted by Crippen LogP contribution is 2.28. The number of piperidine rings is 1. The monoisotopic (exact) mass is 234 g/mol. The van der Waals surface area contributed by atoms with Gasteiger partial charge in [-0.3, -0.25) is 9.78 Å². The summed E-state index contributed by atoms with van der Waals surface area (Å²) in [7, 11) is 0. The SMILES string of the molecule is Cc1cc(N2CCC(C(=O)O)CC2C)ccn1. The zero-order valence-corrected chi connectivity index (χ0v) is 10.3. The lowest BCUT2D eigenvalue weighted by Gasteiger charge is -2.38. The second kappa shape index (κ2) is 4.73. The van der Waals surface area contributed by atoms with Crippen molar-refractivity contribution in [1.82, 2.24) is 4.98 Å². The fourth-order valence-electron chi connectivity index (χ4n) is 2.49. The van der Waals surface area contributed by atoms with E-state index >= 15 is 0 Å². The second-order valence-corrected chi connectivity index (χ2v) is 4.76. The van der Waals surface area contributed by atoms with Crippen LogP contribution < -0.4 is 4.90 Å². The molecule has 1 aliphatic heterocycles. The predicted molar refractivity (Wildman–Crippen MR) is 66.1 cm³/mol. The number of anilines is 1. The Kier molecular flexibility index (Phi) is 3.31. The molecular formula is C13H18N2O2. The van der Waals surface area contributed by atoms with E-state index < -0.39 is 5.97 Å². The lowest BCUT2D eigenvalue weighted by Crippen LogP contribution is -2.42. The van der Waals surface area contributed by atoms with Gasteiger partial charge in [0.25, 0.3) is 0 Å². The van der Waals surface area contributed by atoms with Crippen LogP contribution in [0.5, 0.6) is 0 Å². The molecule has 0 amide bonds. The number of carboxylic acid groups (broad SMARTS) is 1. The number of aliphatic carboxylic acids is 1. The summed E-state index contributed by atoms with van der Waals surface area (Å²) in [5.41, 5.74) is 2.14. The molecular weight excluding hydrogens is 216 g/mol. The van der Waals surface area contributed by atoms with Crippen molar-refractivity contribution in [2.45, 2.75) is 32.7 Å². The van der Waals surface area contributed by atoms with Gasteiger partial charge in [0.2, 0.25) is 0 Å². The van der Waals surface area contributed by atoms with Gasteiger partial charge in [-0.15, -0.1) is 0 Å². The van der Waals surface area contributed by atoms with Crippen LogP contribution in [-0.4, -0.2) is 28.6 Å². The first-order valence-corrected chi connectivity index (χ1v) is 6.00. The van der Waals surface area contributed by atoms with Gasteiger partial charge in [0.05, 0.1) is 5.92 Å². The molecule has 0 saturated carbocycles. The Labute approximate surface area is 101 Å². The van der Waals surface area contributed by atoms with Gasteiger partial charge in [-0.1, -0.05) is 0 Å². The summed E-state index contributed by atoms with van der Waals surface area (Å²) in [5, 5.41) is 9.03. The number of aryl methyl sites for hydroxylation is 1.